The normalized spacial score (nSPS) is 23.7. The molecule has 2 heterocycles. The minimum absolute atomic E-state index is 0.0780. The van der Waals surface area contributed by atoms with Crippen LogP contribution in [0.4, 0.5) is 0 Å². The van der Waals surface area contributed by atoms with Gasteiger partial charge in [0.05, 0.1) is 12.7 Å². The van der Waals surface area contributed by atoms with Gasteiger partial charge in [0.25, 0.3) is 0 Å². The molecule has 2 aliphatic rings. The van der Waals surface area contributed by atoms with Crippen molar-refractivity contribution in [3.05, 3.63) is 45.7 Å². The first kappa shape index (κ1) is 17.3. The fourth-order valence-corrected chi connectivity index (χ4v) is 4.31. The number of rotatable bonds is 4. The van der Waals surface area contributed by atoms with Crippen LogP contribution in [0.25, 0.3) is 10.9 Å². The minimum atomic E-state index is 0.0780. The van der Waals surface area contributed by atoms with E-state index in [4.69, 9.17) is 4.74 Å². The number of fused-ring (bicyclic) bond motifs is 1. The smallest absolute Gasteiger partial charge is 0.222 e. The number of aromatic nitrogens is 1. The minimum Gasteiger partial charge on any atom is -0.372 e. The lowest BCUT2D eigenvalue weighted by atomic mass is 9.92. The number of ether oxygens (including phenoxy) is 1. The molecule has 1 saturated carbocycles. The van der Waals surface area contributed by atoms with Crippen LogP contribution < -0.4 is 5.43 Å². The molecule has 1 aromatic carbocycles. The summed E-state index contributed by atoms with van der Waals surface area (Å²) in [5, 5.41) is 0.726. The summed E-state index contributed by atoms with van der Waals surface area (Å²) in [6, 6.07) is 7.99. The zero-order valence-electron chi connectivity index (χ0n) is 15.3. The molecule has 5 heteroatoms. The van der Waals surface area contributed by atoms with Crippen molar-refractivity contribution in [2.45, 2.75) is 64.2 Å². The summed E-state index contributed by atoms with van der Waals surface area (Å²) in [5.41, 5.74) is 2.54. The standard InChI is InChI=1S/C21H26N2O3/c1-14-19(22-18-6-3-2-5-17(18)21(14)25)13-26-16-10-8-15(9-11-16)23-12-4-7-20(23)24/h2-3,5-6,15-16H,4,7-13H2,1H3,(H,22,25)/t15-,16-. The van der Waals surface area contributed by atoms with Gasteiger partial charge in [0, 0.05) is 41.2 Å². The van der Waals surface area contributed by atoms with Gasteiger partial charge in [-0.25, -0.2) is 0 Å². The van der Waals surface area contributed by atoms with Crippen LogP contribution in [0.2, 0.25) is 0 Å². The summed E-state index contributed by atoms with van der Waals surface area (Å²) in [4.78, 5) is 29.8. The first-order valence-corrected chi connectivity index (χ1v) is 9.65. The Labute approximate surface area is 153 Å². The van der Waals surface area contributed by atoms with E-state index in [1.165, 1.54) is 0 Å². The number of hydrogen-bond donors (Lipinski definition) is 1. The number of pyridine rings is 1. The van der Waals surface area contributed by atoms with Crippen molar-refractivity contribution in [2.75, 3.05) is 6.54 Å². The number of nitrogens with zero attached hydrogens (tertiary/aromatic N) is 1. The van der Waals surface area contributed by atoms with Crippen LogP contribution in [0, 0.1) is 6.92 Å². The van der Waals surface area contributed by atoms with Crippen LogP contribution in [0.1, 0.15) is 49.8 Å². The van der Waals surface area contributed by atoms with Crippen molar-refractivity contribution >= 4 is 16.8 Å². The van der Waals surface area contributed by atoms with Crippen LogP contribution in [0.5, 0.6) is 0 Å². The molecule has 0 radical (unpaired) electrons. The van der Waals surface area contributed by atoms with Crippen molar-refractivity contribution < 1.29 is 9.53 Å². The second-order valence-electron chi connectivity index (χ2n) is 7.54. The van der Waals surface area contributed by atoms with E-state index < -0.39 is 0 Å². The third-order valence-electron chi connectivity index (χ3n) is 5.91. The number of amides is 1. The molecule has 1 aromatic heterocycles. The largest absolute Gasteiger partial charge is 0.372 e. The highest BCUT2D eigenvalue weighted by Crippen LogP contribution is 2.28. The molecule has 0 spiro atoms. The number of carbonyl (C=O) groups is 1. The maximum absolute atomic E-state index is 12.5. The maximum Gasteiger partial charge on any atom is 0.222 e. The van der Waals surface area contributed by atoms with E-state index in [1.807, 2.05) is 31.2 Å². The quantitative estimate of drug-likeness (QED) is 0.916. The molecular formula is C21H26N2O3. The number of H-pyrrole nitrogens is 1. The number of hydrogen-bond acceptors (Lipinski definition) is 3. The Morgan fingerprint density at radius 2 is 1.92 bits per heavy atom. The van der Waals surface area contributed by atoms with Gasteiger partial charge in [-0.3, -0.25) is 9.59 Å². The number of benzene rings is 1. The number of likely N-dealkylation sites (tertiary alicyclic amines) is 1. The summed E-state index contributed by atoms with van der Waals surface area (Å²) in [6.45, 7) is 3.22. The van der Waals surface area contributed by atoms with Gasteiger partial charge in [-0.15, -0.1) is 0 Å². The highest BCUT2D eigenvalue weighted by molar-refractivity contribution is 5.79. The summed E-state index contributed by atoms with van der Waals surface area (Å²) in [7, 11) is 0. The SMILES string of the molecule is Cc1c(CO[C@H]2CC[C@H](N3CCCC3=O)CC2)[nH]c2ccccc2c1=O. The Morgan fingerprint density at radius 1 is 1.15 bits per heavy atom. The van der Waals surface area contributed by atoms with E-state index in [0.29, 0.717) is 25.0 Å². The average molecular weight is 354 g/mol. The Kier molecular flexibility index (Phi) is 4.81. The number of nitrogens with one attached hydrogen (secondary N) is 1. The average Bonchev–Trinajstić information content (AvgIpc) is 3.10. The fourth-order valence-electron chi connectivity index (χ4n) is 4.31. The molecule has 0 atom stereocenters. The molecule has 0 bridgehead atoms. The molecule has 26 heavy (non-hydrogen) atoms. The Balaban J connectivity index is 1.38. The monoisotopic (exact) mass is 354 g/mol. The molecule has 5 nitrogen and oxygen atoms in total. The van der Waals surface area contributed by atoms with Crippen LogP contribution in [0.3, 0.4) is 0 Å². The van der Waals surface area contributed by atoms with E-state index in [9.17, 15) is 9.59 Å². The molecule has 2 aromatic rings. The van der Waals surface area contributed by atoms with Crippen molar-refractivity contribution in [1.82, 2.24) is 9.88 Å². The first-order valence-electron chi connectivity index (χ1n) is 9.65. The second-order valence-corrected chi connectivity index (χ2v) is 7.54. The molecule has 1 aliphatic heterocycles. The van der Waals surface area contributed by atoms with Gasteiger partial charge in [-0.05, 0) is 51.2 Å². The topological polar surface area (TPSA) is 62.4 Å². The van der Waals surface area contributed by atoms with Crippen molar-refractivity contribution in [1.29, 1.82) is 0 Å². The van der Waals surface area contributed by atoms with Gasteiger partial charge in [0.15, 0.2) is 5.43 Å². The summed E-state index contributed by atoms with van der Waals surface area (Å²) in [5.74, 6) is 0.318. The van der Waals surface area contributed by atoms with Gasteiger partial charge in [-0.2, -0.15) is 0 Å². The number of carbonyl (C=O) groups excluding carboxylic acids is 1. The Hall–Kier alpha value is -2.14. The molecule has 1 aliphatic carbocycles. The van der Waals surface area contributed by atoms with Crippen molar-refractivity contribution in [3.8, 4) is 0 Å². The van der Waals surface area contributed by atoms with Gasteiger partial charge in [-0.1, -0.05) is 12.1 Å². The molecule has 4 rings (SSSR count). The second kappa shape index (κ2) is 7.23. The van der Waals surface area contributed by atoms with Crippen molar-refractivity contribution in [3.63, 3.8) is 0 Å². The van der Waals surface area contributed by atoms with Gasteiger partial charge < -0.3 is 14.6 Å². The first-order chi connectivity index (χ1) is 12.6. The highest BCUT2D eigenvalue weighted by Gasteiger charge is 2.31. The molecule has 1 N–H and O–H groups in total. The third kappa shape index (κ3) is 3.28. The molecule has 0 unspecified atom stereocenters. The maximum atomic E-state index is 12.5. The summed E-state index contributed by atoms with van der Waals surface area (Å²) in [6.07, 6.45) is 5.91. The molecular weight excluding hydrogens is 328 g/mol. The fraction of sp³-hybridized carbons (Fsp3) is 0.524. The molecule has 1 saturated heterocycles. The Bertz CT molecular complexity index is 865. The van der Waals surface area contributed by atoms with Gasteiger partial charge >= 0.3 is 0 Å². The van der Waals surface area contributed by atoms with E-state index in [0.717, 1.165) is 60.8 Å². The highest BCUT2D eigenvalue weighted by atomic mass is 16.5. The van der Waals surface area contributed by atoms with Gasteiger partial charge in [0.1, 0.15) is 0 Å². The van der Waals surface area contributed by atoms with E-state index in [1.54, 1.807) is 0 Å². The van der Waals surface area contributed by atoms with Gasteiger partial charge in [0.2, 0.25) is 5.91 Å². The summed E-state index contributed by atoms with van der Waals surface area (Å²) < 4.78 is 6.12. The lowest BCUT2D eigenvalue weighted by Gasteiger charge is -2.34. The van der Waals surface area contributed by atoms with Crippen LogP contribution in [0.15, 0.2) is 29.1 Å². The molecule has 1 amide bonds. The van der Waals surface area contributed by atoms with E-state index in [-0.39, 0.29) is 11.5 Å². The number of aromatic amines is 1. The summed E-state index contributed by atoms with van der Waals surface area (Å²) >= 11 is 0. The zero-order chi connectivity index (χ0) is 18.1. The third-order valence-corrected chi connectivity index (χ3v) is 5.91. The predicted octanol–water partition coefficient (Wildman–Crippen LogP) is 3.29. The van der Waals surface area contributed by atoms with Crippen LogP contribution >= 0.6 is 0 Å². The molecule has 138 valence electrons. The zero-order valence-corrected chi connectivity index (χ0v) is 15.3. The molecule has 2 fully saturated rings. The Morgan fingerprint density at radius 3 is 2.65 bits per heavy atom. The van der Waals surface area contributed by atoms with Crippen LogP contribution in [-0.4, -0.2) is 34.5 Å². The lowest BCUT2D eigenvalue weighted by Crippen LogP contribution is -2.40. The van der Waals surface area contributed by atoms with E-state index in [2.05, 4.69) is 9.88 Å². The number of para-hydroxylation sites is 1. The lowest BCUT2D eigenvalue weighted by molar-refractivity contribution is -0.131. The predicted molar refractivity (Wildman–Crippen MR) is 101 cm³/mol. The van der Waals surface area contributed by atoms with Crippen molar-refractivity contribution in [2.24, 2.45) is 0 Å². The van der Waals surface area contributed by atoms with Crippen LogP contribution in [-0.2, 0) is 16.1 Å². The van der Waals surface area contributed by atoms with E-state index >= 15 is 0 Å².